The van der Waals surface area contributed by atoms with Gasteiger partial charge in [-0.05, 0) is 35.8 Å². The molecule has 4 N–H and O–H groups in total. The Morgan fingerprint density at radius 3 is 2.37 bits per heavy atom. The van der Waals surface area contributed by atoms with Gasteiger partial charge in [-0.15, -0.1) is 21.9 Å². The minimum absolute atomic E-state index is 0.0629. The van der Waals surface area contributed by atoms with Gasteiger partial charge in [-0.1, -0.05) is 30.3 Å². The van der Waals surface area contributed by atoms with Gasteiger partial charge < -0.3 is 21.0 Å². The SMILES string of the molecule is CC1=C(C(=O)OCc2ccc([N+](=O)[O-])cc2)N2C(=O)C(NC(=O)C(N)c3ccccc3)[C@@H]2SC1.O=[N+]([O-])O. The number of carbonyl (C=O) groups excluding carboxylic acids is 3. The Bertz CT molecular complexity index is 1270. The number of nitro groups is 1. The second kappa shape index (κ2) is 12.2. The largest absolute Gasteiger partial charge is 0.456 e. The molecule has 15 heteroatoms. The summed E-state index contributed by atoms with van der Waals surface area (Å²) >= 11 is 1.44. The Kier molecular flexibility index (Phi) is 8.98. The second-order valence-corrected chi connectivity index (χ2v) is 9.26. The molecule has 2 aliphatic rings. The summed E-state index contributed by atoms with van der Waals surface area (Å²) in [5.74, 6) is -1.06. The molecule has 1 fully saturated rings. The maximum atomic E-state index is 12.9. The molecule has 0 radical (unpaired) electrons. The van der Waals surface area contributed by atoms with Crippen molar-refractivity contribution in [3.63, 3.8) is 0 Å². The van der Waals surface area contributed by atoms with Crippen LogP contribution in [0, 0.1) is 20.2 Å². The average Bonchev–Trinajstić information content (AvgIpc) is 2.90. The molecule has 2 amide bonds. The van der Waals surface area contributed by atoms with Gasteiger partial charge in [-0.3, -0.25) is 24.6 Å². The number of amides is 2. The number of nitro benzene ring substituents is 1. The van der Waals surface area contributed by atoms with Gasteiger partial charge in [0.25, 0.3) is 16.7 Å². The lowest BCUT2D eigenvalue weighted by Gasteiger charge is -2.49. The number of nitrogens with zero attached hydrogens (tertiary/aromatic N) is 3. The zero-order chi connectivity index (χ0) is 28.0. The van der Waals surface area contributed by atoms with E-state index in [2.05, 4.69) is 5.32 Å². The quantitative estimate of drug-likeness (QED) is 0.197. The van der Waals surface area contributed by atoms with Gasteiger partial charge in [0.05, 0.1) is 4.92 Å². The van der Waals surface area contributed by atoms with Crippen LogP contribution >= 0.6 is 11.8 Å². The van der Waals surface area contributed by atoms with Gasteiger partial charge in [-0.25, -0.2) is 4.79 Å². The highest BCUT2D eigenvalue weighted by Gasteiger charge is 2.54. The number of esters is 1. The van der Waals surface area contributed by atoms with Crippen molar-refractivity contribution >= 4 is 35.2 Å². The van der Waals surface area contributed by atoms with Crippen LogP contribution in [0.25, 0.3) is 0 Å². The fourth-order valence-electron chi connectivity index (χ4n) is 3.75. The first-order valence-electron chi connectivity index (χ1n) is 11.0. The molecule has 3 atom stereocenters. The Balaban J connectivity index is 0.000000934. The van der Waals surface area contributed by atoms with Crippen molar-refractivity contribution < 1.29 is 34.3 Å². The molecule has 2 aromatic rings. The maximum Gasteiger partial charge on any atom is 0.355 e. The Labute approximate surface area is 219 Å². The first-order valence-corrected chi connectivity index (χ1v) is 12.0. The molecular weight excluding hydrogens is 522 g/mol. The van der Waals surface area contributed by atoms with Gasteiger partial charge in [0, 0.05) is 17.9 Å². The topological polar surface area (TPSA) is 208 Å². The molecule has 0 saturated carbocycles. The molecule has 2 unspecified atom stereocenters. The lowest BCUT2D eigenvalue weighted by atomic mass is 10.0. The normalized spacial score (nSPS) is 18.7. The molecule has 0 bridgehead atoms. The Morgan fingerprint density at radius 1 is 1.18 bits per heavy atom. The van der Waals surface area contributed by atoms with Crippen molar-refractivity contribution in [3.8, 4) is 0 Å². The zero-order valence-corrected chi connectivity index (χ0v) is 20.7. The van der Waals surface area contributed by atoms with Crippen LogP contribution in [0.3, 0.4) is 0 Å². The third kappa shape index (κ3) is 6.43. The third-order valence-corrected chi connectivity index (χ3v) is 7.03. The summed E-state index contributed by atoms with van der Waals surface area (Å²) in [6.45, 7) is 1.65. The molecule has 14 nitrogen and oxygen atoms in total. The Morgan fingerprint density at radius 2 is 1.79 bits per heavy atom. The maximum absolute atomic E-state index is 12.9. The molecule has 0 aliphatic carbocycles. The van der Waals surface area contributed by atoms with Crippen LogP contribution in [0.4, 0.5) is 5.69 Å². The average molecular weight is 546 g/mol. The van der Waals surface area contributed by atoms with Crippen LogP contribution in [-0.4, -0.2) is 55.1 Å². The number of non-ortho nitro benzene ring substituents is 1. The van der Waals surface area contributed by atoms with E-state index in [-0.39, 0.29) is 18.0 Å². The highest BCUT2D eigenvalue weighted by atomic mass is 32.2. The molecule has 1 saturated heterocycles. The number of carbonyl (C=O) groups is 3. The van der Waals surface area contributed by atoms with Crippen LogP contribution in [0.5, 0.6) is 0 Å². The molecular formula is C23H23N5O9S. The molecule has 38 heavy (non-hydrogen) atoms. The second-order valence-electron chi connectivity index (χ2n) is 8.15. The monoisotopic (exact) mass is 545 g/mol. The van der Waals surface area contributed by atoms with E-state index in [1.807, 2.05) is 6.07 Å². The van der Waals surface area contributed by atoms with Gasteiger partial charge in [-0.2, -0.15) is 0 Å². The minimum atomic E-state index is -1.50. The summed E-state index contributed by atoms with van der Waals surface area (Å²) in [6, 6.07) is 12.8. The first kappa shape index (κ1) is 28.1. The van der Waals surface area contributed by atoms with Crippen molar-refractivity contribution in [2.45, 2.75) is 31.0 Å². The molecule has 2 aromatic carbocycles. The van der Waals surface area contributed by atoms with Crippen LogP contribution in [0.2, 0.25) is 0 Å². The van der Waals surface area contributed by atoms with E-state index in [4.69, 9.17) is 25.8 Å². The number of hydrogen-bond donors (Lipinski definition) is 3. The smallest absolute Gasteiger partial charge is 0.355 e. The van der Waals surface area contributed by atoms with E-state index in [1.54, 1.807) is 31.2 Å². The van der Waals surface area contributed by atoms with E-state index in [0.717, 1.165) is 0 Å². The van der Waals surface area contributed by atoms with Gasteiger partial charge in [0.2, 0.25) is 5.91 Å². The van der Waals surface area contributed by atoms with E-state index >= 15 is 0 Å². The molecule has 200 valence electrons. The Hall–Kier alpha value is -4.50. The predicted molar refractivity (Wildman–Crippen MR) is 133 cm³/mol. The fourth-order valence-corrected chi connectivity index (χ4v) is 5.04. The number of nitrogens with two attached hydrogens (primary N) is 1. The molecule has 0 aromatic heterocycles. The summed E-state index contributed by atoms with van der Waals surface area (Å²) in [7, 11) is 0. The zero-order valence-electron chi connectivity index (χ0n) is 19.9. The fraction of sp³-hybridized carbons (Fsp3) is 0.261. The number of β-lactam (4-membered cyclic amide) rings is 1. The van der Waals surface area contributed by atoms with Crippen molar-refractivity contribution in [3.05, 3.63) is 97.2 Å². The van der Waals surface area contributed by atoms with Gasteiger partial charge in [0.15, 0.2) is 0 Å². The van der Waals surface area contributed by atoms with Crippen molar-refractivity contribution in [2.75, 3.05) is 5.75 Å². The number of hydrogen-bond acceptors (Lipinski definition) is 10. The lowest BCUT2D eigenvalue weighted by molar-refractivity contribution is -0.742. The van der Waals surface area contributed by atoms with Crippen molar-refractivity contribution in [1.82, 2.24) is 10.2 Å². The van der Waals surface area contributed by atoms with Crippen LogP contribution in [-0.2, 0) is 25.7 Å². The number of nitrogens with one attached hydrogen (secondary N) is 1. The summed E-state index contributed by atoms with van der Waals surface area (Å²) < 4.78 is 5.37. The molecule has 2 aliphatic heterocycles. The van der Waals surface area contributed by atoms with Crippen molar-refractivity contribution in [1.29, 1.82) is 0 Å². The highest BCUT2D eigenvalue weighted by Crippen LogP contribution is 2.40. The number of ether oxygens (including phenoxy) is 1. The highest BCUT2D eigenvalue weighted by molar-refractivity contribution is 8.00. The number of fused-ring (bicyclic) bond motifs is 1. The summed E-state index contributed by atoms with van der Waals surface area (Å²) in [4.78, 5) is 58.3. The first-order chi connectivity index (χ1) is 18.0. The van der Waals surface area contributed by atoms with E-state index < -0.39 is 45.3 Å². The standard InChI is InChI=1S/C23H22N4O6S.HNO3/c1-13-12-34-22-18(25-20(28)17(24)15-5-3-2-4-6-15)21(29)26(22)19(13)23(30)33-11-14-7-9-16(10-8-14)27(31)32;2-1(3)4/h2-10,17-18,22H,11-12,24H2,1H3,(H,25,28);(H,2,3,4)/t17?,18?,22-;/m0./s1. The third-order valence-electron chi connectivity index (χ3n) is 5.61. The number of benzene rings is 2. The van der Waals surface area contributed by atoms with Gasteiger partial charge >= 0.3 is 5.97 Å². The molecule has 4 rings (SSSR count). The van der Waals surface area contributed by atoms with E-state index in [9.17, 15) is 24.5 Å². The predicted octanol–water partition coefficient (Wildman–Crippen LogP) is 1.66. The summed E-state index contributed by atoms with van der Waals surface area (Å²) in [5.41, 5.74) is 8.03. The molecule has 0 spiro atoms. The van der Waals surface area contributed by atoms with Crippen LogP contribution in [0.1, 0.15) is 24.1 Å². The van der Waals surface area contributed by atoms with Crippen LogP contribution in [0.15, 0.2) is 65.9 Å². The van der Waals surface area contributed by atoms with Crippen LogP contribution < -0.4 is 11.1 Å². The number of rotatable bonds is 7. The van der Waals surface area contributed by atoms with Gasteiger partial charge in [0.1, 0.15) is 29.8 Å². The molecule has 2 heterocycles. The number of thioether (sulfide) groups is 1. The van der Waals surface area contributed by atoms with Crippen molar-refractivity contribution in [2.24, 2.45) is 5.73 Å². The summed E-state index contributed by atoms with van der Waals surface area (Å²) in [5, 5.41) is 26.7. The lowest BCUT2D eigenvalue weighted by Crippen LogP contribution is -2.71. The minimum Gasteiger partial charge on any atom is -0.456 e. The summed E-state index contributed by atoms with van der Waals surface area (Å²) in [6.07, 6.45) is 0. The van der Waals surface area contributed by atoms with E-state index in [1.165, 1.54) is 40.9 Å². The van der Waals surface area contributed by atoms with E-state index in [0.29, 0.717) is 22.5 Å².